The van der Waals surface area contributed by atoms with Gasteiger partial charge >= 0.3 is 5.97 Å². The number of benzene rings is 2. The lowest BCUT2D eigenvalue weighted by Crippen LogP contribution is -2.32. The summed E-state index contributed by atoms with van der Waals surface area (Å²) in [4.78, 5) is 43.8. The molecule has 2 aromatic carbocycles. The van der Waals surface area contributed by atoms with E-state index in [2.05, 4.69) is 42.1 Å². The second kappa shape index (κ2) is 23.9. The van der Waals surface area contributed by atoms with Crippen LogP contribution in [0, 0.1) is 0 Å². The van der Waals surface area contributed by atoms with Gasteiger partial charge in [-0.3, -0.25) is 19.2 Å². The van der Waals surface area contributed by atoms with E-state index in [1.807, 2.05) is 74.6 Å². The third-order valence-electron chi connectivity index (χ3n) is 11.6. The summed E-state index contributed by atoms with van der Waals surface area (Å²) < 4.78 is 72.0. The van der Waals surface area contributed by atoms with Gasteiger partial charge < -0.3 is 15.0 Å². The SMILES string of the molecule is CN(CCCC(=O)ON1C(=O)CCC1=O)S(=O)(=O)c1ccc2c(c1)C(C)(C)\C(=C/C=C/C=C/C=C/C1=[N+](CCCCS(=O)(=O)O)c3ccc(SOOO)cc3C1(C)C)N2CCCCSOO[O-]. The van der Waals surface area contributed by atoms with Crippen molar-refractivity contribution in [3.63, 3.8) is 0 Å². The highest BCUT2D eigenvalue weighted by Crippen LogP contribution is 2.49. The highest BCUT2D eigenvalue weighted by atomic mass is 32.2. The van der Waals surface area contributed by atoms with Gasteiger partial charge in [-0.15, -0.1) is 9.40 Å². The molecule has 2 N–H and O–H groups in total. The van der Waals surface area contributed by atoms with Gasteiger partial charge in [-0.05, 0) is 81.5 Å². The number of hydroxylamine groups is 2. The van der Waals surface area contributed by atoms with E-state index in [-0.39, 0.29) is 49.3 Å². The third kappa shape index (κ3) is 13.7. The maximum atomic E-state index is 13.8. The fourth-order valence-electron chi connectivity index (χ4n) is 8.13. The number of imide groups is 1. The standard InChI is InChI=1S/C44H56N4O15S4/c1-43(2)34-30-32(65-63-61-53)19-21-36(34)47(27-12-14-29-66(54,55)56)38(43)16-9-7-6-8-10-17-39-44(3,4)35-31-33(20-22-37(35)46(39)26-11-13-28-64-62-60-52)67(57,58)45(5)25-15-18-42(51)59-48-40(49)23-24-41(48)50/h6-10,16-17,19-22,30-31H,11-15,18,23-29H2,1-5H3,(H2-,52,53,54,55,56). The lowest BCUT2D eigenvalue weighted by atomic mass is 9.81. The molecule has 23 heteroatoms. The van der Waals surface area contributed by atoms with Crippen molar-refractivity contribution in [2.45, 2.75) is 99.7 Å². The molecule has 19 nitrogen and oxygen atoms in total. The molecule has 67 heavy (non-hydrogen) atoms. The van der Waals surface area contributed by atoms with Gasteiger partial charge in [0.05, 0.1) is 28.1 Å². The summed E-state index contributed by atoms with van der Waals surface area (Å²) in [6.45, 7) is 9.23. The number of fused-ring (bicyclic) bond motifs is 2. The van der Waals surface area contributed by atoms with Gasteiger partial charge in [-0.1, -0.05) is 49.3 Å². The number of rotatable bonds is 26. The van der Waals surface area contributed by atoms with Crippen molar-refractivity contribution in [2.24, 2.45) is 0 Å². The number of amides is 2. The van der Waals surface area contributed by atoms with Gasteiger partial charge in [0.15, 0.2) is 5.71 Å². The van der Waals surface area contributed by atoms with Crippen molar-refractivity contribution in [2.75, 3.05) is 43.1 Å². The summed E-state index contributed by atoms with van der Waals surface area (Å²) in [5.74, 6) is -1.82. The number of sulfonamides is 1. The first-order valence-corrected chi connectivity index (χ1v) is 26.1. The number of nitrogens with zero attached hydrogens (tertiary/aromatic N) is 4. The second-order valence-corrected chi connectivity index (χ2v) is 22.0. The molecule has 2 aromatic rings. The number of hydrogen-bond donors (Lipinski definition) is 2. The molecule has 366 valence electrons. The first-order valence-electron chi connectivity index (χ1n) is 21.4. The van der Waals surface area contributed by atoms with E-state index in [4.69, 9.17) is 10.1 Å². The molecule has 1 saturated heterocycles. The van der Waals surface area contributed by atoms with Crippen molar-refractivity contribution in [3.05, 3.63) is 95.8 Å². The van der Waals surface area contributed by atoms with Gasteiger partial charge in [0.1, 0.15) is 6.54 Å². The molecule has 0 aliphatic carbocycles. The Morgan fingerprint density at radius 3 is 2.31 bits per heavy atom. The molecular formula is C44H56N4O15S4. The van der Waals surface area contributed by atoms with Gasteiger partial charge in [0.2, 0.25) is 15.7 Å². The average molecular weight is 1010 g/mol. The summed E-state index contributed by atoms with van der Waals surface area (Å²) >= 11 is 1.77. The number of allylic oxidation sites excluding steroid dienone is 8. The smallest absolute Gasteiger partial charge is 0.333 e. The molecule has 0 radical (unpaired) electrons. The zero-order valence-corrected chi connectivity index (χ0v) is 41.1. The Kier molecular flexibility index (Phi) is 19.1. The van der Waals surface area contributed by atoms with Crippen LogP contribution in [-0.4, -0.2) is 102 Å². The Bertz CT molecular complexity index is 2510. The molecule has 0 aromatic heterocycles. The lowest BCUT2D eigenvalue weighted by Gasteiger charge is -2.27. The van der Waals surface area contributed by atoms with Gasteiger partial charge in [-0.2, -0.15) is 17.3 Å². The number of carbonyl (C=O) groups excluding carboxylic acids is 3. The summed E-state index contributed by atoms with van der Waals surface area (Å²) in [5.41, 5.74) is 4.31. The molecule has 3 aliphatic heterocycles. The topological polar surface area (TPSA) is 242 Å². The molecule has 0 spiro atoms. The first-order chi connectivity index (χ1) is 31.7. The maximum absolute atomic E-state index is 13.8. The zero-order valence-electron chi connectivity index (χ0n) is 37.8. The lowest BCUT2D eigenvalue weighted by molar-refractivity contribution is -0.777. The van der Waals surface area contributed by atoms with Crippen LogP contribution in [0.15, 0.2) is 94.4 Å². The van der Waals surface area contributed by atoms with Crippen LogP contribution in [0.25, 0.3) is 0 Å². The van der Waals surface area contributed by atoms with Crippen LogP contribution in [0.3, 0.4) is 0 Å². The molecule has 3 heterocycles. The quantitative estimate of drug-likeness (QED) is 0.0156. The number of unbranched alkanes of at least 4 members (excludes halogenated alkanes) is 2. The summed E-state index contributed by atoms with van der Waals surface area (Å²) in [6.07, 6.45) is 15.4. The highest BCUT2D eigenvalue weighted by Gasteiger charge is 2.45. The van der Waals surface area contributed by atoms with Crippen LogP contribution in [0.1, 0.15) is 90.2 Å². The third-order valence-corrected chi connectivity index (χ3v) is 15.4. The molecule has 1 fully saturated rings. The highest BCUT2D eigenvalue weighted by molar-refractivity contribution is 7.94. The normalized spacial score (nSPS) is 17.7. The maximum Gasteiger partial charge on any atom is 0.333 e. The van der Waals surface area contributed by atoms with Gasteiger partial charge in [-0.25, -0.2) is 22.8 Å². The molecule has 0 atom stereocenters. The largest absolute Gasteiger partial charge is 0.691 e. The Morgan fingerprint density at radius 2 is 1.61 bits per heavy atom. The molecule has 0 bridgehead atoms. The molecule has 0 unspecified atom stereocenters. The molecule has 3 aliphatic rings. The predicted octanol–water partition coefficient (Wildman–Crippen LogP) is 6.17. The van der Waals surface area contributed by atoms with E-state index in [1.165, 1.54) is 7.05 Å². The van der Waals surface area contributed by atoms with E-state index in [1.54, 1.807) is 18.2 Å². The monoisotopic (exact) mass is 1010 g/mol. The van der Waals surface area contributed by atoms with Crippen molar-refractivity contribution in [3.8, 4) is 0 Å². The fourth-order valence-corrected chi connectivity index (χ4v) is 10.8. The summed E-state index contributed by atoms with van der Waals surface area (Å²) in [6, 6.07) is 10.7. The fraction of sp³-hybridized carbons (Fsp3) is 0.455. The first kappa shape index (κ1) is 53.7. The van der Waals surface area contributed by atoms with Gasteiger partial charge in [0, 0.05) is 103 Å². The van der Waals surface area contributed by atoms with Crippen molar-refractivity contribution in [1.29, 1.82) is 0 Å². The summed E-state index contributed by atoms with van der Waals surface area (Å²) in [7, 11) is -6.68. The van der Waals surface area contributed by atoms with Crippen molar-refractivity contribution >= 4 is 79.1 Å². The Labute approximate surface area is 399 Å². The number of anilines is 1. The van der Waals surface area contributed by atoms with Crippen LogP contribution in [-0.2, 0) is 68.9 Å². The minimum absolute atomic E-state index is 0.0232. The predicted molar refractivity (Wildman–Crippen MR) is 248 cm³/mol. The van der Waals surface area contributed by atoms with E-state index in [0.717, 1.165) is 62.3 Å². The molecule has 5 rings (SSSR count). The van der Waals surface area contributed by atoms with Crippen LogP contribution in [0.5, 0.6) is 0 Å². The van der Waals surface area contributed by atoms with Crippen LogP contribution in [0.2, 0.25) is 0 Å². The van der Waals surface area contributed by atoms with E-state index < -0.39 is 48.8 Å². The Hall–Kier alpha value is -4.24. The van der Waals surface area contributed by atoms with Crippen LogP contribution in [0.4, 0.5) is 11.4 Å². The second-order valence-electron chi connectivity index (χ2n) is 16.8. The van der Waals surface area contributed by atoms with Gasteiger partial charge in [0.25, 0.3) is 21.9 Å². The molecule has 2 amide bonds. The van der Waals surface area contributed by atoms with E-state index >= 15 is 0 Å². The van der Waals surface area contributed by atoms with Crippen LogP contribution < -0.4 is 10.2 Å². The Morgan fingerprint density at radius 1 is 0.896 bits per heavy atom. The van der Waals surface area contributed by atoms with E-state index in [0.29, 0.717) is 48.1 Å². The molecule has 0 saturated carbocycles. The minimum atomic E-state index is -4.09. The zero-order chi connectivity index (χ0) is 49.0. The Balaban J connectivity index is 1.33. The number of hydrogen-bond acceptors (Lipinski definition) is 17. The van der Waals surface area contributed by atoms with E-state index in [9.17, 15) is 41.0 Å². The average Bonchev–Trinajstić information content (AvgIpc) is 3.78. The van der Waals surface area contributed by atoms with Crippen LogP contribution >= 0.6 is 24.1 Å². The van der Waals surface area contributed by atoms with Crippen molar-refractivity contribution < 1.29 is 74.4 Å². The van der Waals surface area contributed by atoms with Crippen molar-refractivity contribution in [1.82, 2.24) is 9.37 Å². The summed E-state index contributed by atoms with van der Waals surface area (Å²) in [5, 5.41) is 26.6. The number of carbonyl (C=O) groups is 3. The molecular weight excluding hydrogens is 953 g/mol. The minimum Gasteiger partial charge on any atom is -0.691 e.